The molecule has 0 heterocycles. The molecule has 2 rings (SSSR count). The van der Waals surface area contributed by atoms with Crippen molar-refractivity contribution in [2.24, 2.45) is 5.14 Å². The zero-order valence-electron chi connectivity index (χ0n) is 13.4. The molecule has 2 aromatic rings. The molecule has 1 atom stereocenters. The van der Waals surface area contributed by atoms with Crippen LogP contribution < -0.4 is 10.5 Å². The molecule has 0 radical (unpaired) electrons. The average Bonchev–Trinajstić information content (AvgIpc) is 2.52. The van der Waals surface area contributed by atoms with Gasteiger partial charge < -0.3 is 5.32 Å². The Morgan fingerprint density at radius 2 is 1.83 bits per heavy atom. The van der Waals surface area contributed by atoms with E-state index in [1.165, 1.54) is 18.2 Å². The number of primary sulfonamides is 1. The lowest BCUT2D eigenvalue weighted by atomic mass is 10.0. The lowest BCUT2D eigenvalue weighted by Gasteiger charge is -2.18. The lowest BCUT2D eigenvalue weighted by Crippen LogP contribution is -2.28. The van der Waals surface area contributed by atoms with Crippen LogP contribution in [-0.4, -0.2) is 14.3 Å². The molecule has 1 amide bonds. The van der Waals surface area contributed by atoms with Gasteiger partial charge >= 0.3 is 0 Å². The molecule has 0 aliphatic heterocycles. The smallest absolute Gasteiger partial charge is 0.251 e. The number of benzene rings is 2. The predicted octanol–water partition coefficient (Wildman–Crippen LogP) is 3.18. The first-order valence-corrected chi connectivity index (χ1v) is 9.34. The molecule has 128 valence electrons. The Hall–Kier alpha value is -1.89. The third kappa shape index (κ3) is 4.35. The van der Waals surface area contributed by atoms with E-state index < -0.39 is 10.0 Å². The van der Waals surface area contributed by atoms with E-state index in [0.29, 0.717) is 6.42 Å². The number of carbonyl (C=O) groups is 1. The van der Waals surface area contributed by atoms with E-state index in [-0.39, 0.29) is 27.4 Å². The number of amides is 1. The number of nitrogens with two attached hydrogens (primary N) is 1. The van der Waals surface area contributed by atoms with Crippen molar-refractivity contribution in [3.8, 4) is 0 Å². The summed E-state index contributed by atoms with van der Waals surface area (Å²) >= 11 is 5.84. The summed E-state index contributed by atoms with van der Waals surface area (Å²) in [5.41, 5.74) is 2.31. The molecule has 0 aliphatic rings. The molecule has 2 aromatic carbocycles. The van der Waals surface area contributed by atoms with Crippen molar-refractivity contribution in [2.75, 3.05) is 0 Å². The fraction of sp³-hybridized carbons (Fsp3) is 0.235. The first-order valence-electron chi connectivity index (χ1n) is 7.42. The number of halogens is 1. The second-order valence-electron chi connectivity index (χ2n) is 5.54. The molecule has 7 heteroatoms. The highest BCUT2D eigenvalue weighted by Gasteiger charge is 2.18. The third-order valence-corrected chi connectivity index (χ3v) is 5.09. The van der Waals surface area contributed by atoms with Gasteiger partial charge in [-0.25, -0.2) is 13.6 Å². The Bertz CT molecular complexity index is 849. The van der Waals surface area contributed by atoms with Crippen LogP contribution in [0.1, 0.15) is 40.9 Å². The van der Waals surface area contributed by atoms with Crippen molar-refractivity contribution in [3.05, 3.63) is 64.2 Å². The van der Waals surface area contributed by atoms with Crippen LogP contribution in [0.5, 0.6) is 0 Å². The second-order valence-corrected chi connectivity index (χ2v) is 7.47. The quantitative estimate of drug-likeness (QED) is 0.851. The fourth-order valence-corrected chi connectivity index (χ4v) is 3.40. The number of aryl methyl sites for hydroxylation is 1. The van der Waals surface area contributed by atoms with Gasteiger partial charge in [0, 0.05) is 5.56 Å². The van der Waals surface area contributed by atoms with Gasteiger partial charge in [0.2, 0.25) is 10.0 Å². The van der Waals surface area contributed by atoms with Crippen LogP contribution in [0.4, 0.5) is 0 Å². The highest BCUT2D eigenvalue weighted by Crippen LogP contribution is 2.23. The van der Waals surface area contributed by atoms with Gasteiger partial charge in [0.15, 0.2) is 0 Å². The maximum absolute atomic E-state index is 12.5. The van der Waals surface area contributed by atoms with Gasteiger partial charge in [0.05, 0.1) is 11.1 Å². The van der Waals surface area contributed by atoms with Crippen molar-refractivity contribution in [1.29, 1.82) is 0 Å². The Balaban J connectivity index is 2.27. The summed E-state index contributed by atoms with van der Waals surface area (Å²) in [6.45, 7) is 3.95. The molecule has 0 fully saturated rings. The number of carbonyl (C=O) groups excluding carboxylic acids is 1. The molecule has 0 spiro atoms. The fourth-order valence-electron chi connectivity index (χ4n) is 2.32. The molecule has 0 aliphatic carbocycles. The van der Waals surface area contributed by atoms with E-state index in [0.717, 1.165) is 11.1 Å². The van der Waals surface area contributed by atoms with Gasteiger partial charge in [0.1, 0.15) is 4.90 Å². The molecule has 0 bridgehead atoms. The molecule has 24 heavy (non-hydrogen) atoms. The predicted molar refractivity (Wildman–Crippen MR) is 94.5 cm³/mol. The summed E-state index contributed by atoms with van der Waals surface area (Å²) in [5, 5.41) is 8.00. The SMILES string of the molecule is CCC(NC(=O)c1ccc(Cl)c(S(N)(=O)=O)c1)c1ccc(C)cc1. The molecule has 1 unspecified atom stereocenters. The van der Waals surface area contributed by atoms with Crippen LogP contribution in [0.15, 0.2) is 47.4 Å². The largest absolute Gasteiger partial charge is 0.345 e. The first-order chi connectivity index (χ1) is 11.2. The van der Waals surface area contributed by atoms with Crippen molar-refractivity contribution in [1.82, 2.24) is 5.32 Å². The van der Waals surface area contributed by atoms with Crippen molar-refractivity contribution in [2.45, 2.75) is 31.2 Å². The molecule has 5 nitrogen and oxygen atoms in total. The topological polar surface area (TPSA) is 89.3 Å². The minimum atomic E-state index is -3.99. The molecular weight excluding hydrogens is 348 g/mol. The van der Waals surface area contributed by atoms with Gasteiger partial charge in [-0.15, -0.1) is 0 Å². The normalized spacial score (nSPS) is 12.7. The maximum Gasteiger partial charge on any atom is 0.251 e. The van der Waals surface area contributed by atoms with Crippen LogP contribution in [0.2, 0.25) is 5.02 Å². The number of rotatable bonds is 5. The average molecular weight is 367 g/mol. The summed E-state index contributed by atoms with van der Waals surface area (Å²) < 4.78 is 23.0. The molecule has 3 N–H and O–H groups in total. The summed E-state index contributed by atoms with van der Waals surface area (Å²) in [6.07, 6.45) is 0.699. The van der Waals surface area contributed by atoms with Crippen molar-refractivity contribution < 1.29 is 13.2 Å². The van der Waals surface area contributed by atoms with Gasteiger partial charge in [-0.1, -0.05) is 48.4 Å². The minimum Gasteiger partial charge on any atom is -0.345 e. The van der Waals surface area contributed by atoms with Crippen LogP contribution in [0, 0.1) is 6.92 Å². The highest BCUT2D eigenvalue weighted by atomic mass is 35.5. The van der Waals surface area contributed by atoms with E-state index >= 15 is 0 Å². The number of hydrogen-bond acceptors (Lipinski definition) is 3. The van der Waals surface area contributed by atoms with E-state index in [2.05, 4.69) is 5.32 Å². The summed E-state index contributed by atoms with van der Waals surface area (Å²) in [6, 6.07) is 11.7. The molecule has 0 saturated carbocycles. The molecule has 0 aromatic heterocycles. The zero-order chi connectivity index (χ0) is 17.9. The second kappa shape index (κ2) is 7.34. The standard InChI is InChI=1S/C17H19ClN2O3S/c1-3-15(12-6-4-11(2)5-7-12)20-17(21)13-8-9-14(18)16(10-13)24(19,22)23/h4-10,15H,3H2,1-2H3,(H,20,21)(H2,19,22,23). The summed E-state index contributed by atoms with van der Waals surface area (Å²) in [5.74, 6) is -0.385. The maximum atomic E-state index is 12.5. The summed E-state index contributed by atoms with van der Waals surface area (Å²) in [7, 11) is -3.99. The summed E-state index contributed by atoms with van der Waals surface area (Å²) in [4.78, 5) is 12.2. The van der Waals surface area contributed by atoms with Gasteiger partial charge in [-0.05, 0) is 37.1 Å². The monoisotopic (exact) mass is 366 g/mol. The zero-order valence-corrected chi connectivity index (χ0v) is 15.0. The Morgan fingerprint density at radius 3 is 2.38 bits per heavy atom. The Morgan fingerprint density at radius 1 is 1.21 bits per heavy atom. The van der Waals surface area contributed by atoms with Crippen LogP contribution in [0.3, 0.4) is 0 Å². The first kappa shape index (κ1) is 18.4. The van der Waals surface area contributed by atoms with E-state index in [4.69, 9.17) is 16.7 Å². The van der Waals surface area contributed by atoms with Crippen LogP contribution in [-0.2, 0) is 10.0 Å². The van der Waals surface area contributed by atoms with Gasteiger partial charge in [-0.3, -0.25) is 4.79 Å². The molecular formula is C17H19ClN2O3S. The lowest BCUT2D eigenvalue weighted by molar-refractivity contribution is 0.0935. The van der Waals surface area contributed by atoms with E-state index in [1.807, 2.05) is 38.1 Å². The Labute approximate surface area is 146 Å². The van der Waals surface area contributed by atoms with Gasteiger partial charge in [0.25, 0.3) is 5.91 Å². The van der Waals surface area contributed by atoms with Gasteiger partial charge in [-0.2, -0.15) is 0 Å². The van der Waals surface area contributed by atoms with E-state index in [1.54, 1.807) is 0 Å². The van der Waals surface area contributed by atoms with E-state index in [9.17, 15) is 13.2 Å². The van der Waals surface area contributed by atoms with Crippen LogP contribution in [0.25, 0.3) is 0 Å². The number of hydrogen-bond donors (Lipinski definition) is 2. The van der Waals surface area contributed by atoms with Crippen molar-refractivity contribution in [3.63, 3.8) is 0 Å². The minimum absolute atomic E-state index is 0.0142. The Kier molecular flexibility index (Phi) is 5.64. The van der Waals surface area contributed by atoms with Crippen molar-refractivity contribution >= 4 is 27.5 Å². The number of nitrogens with one attached hydrogen (secondary N) is 1. The molecule has 0 saturated heterocycles. The van der Waals surface area contributed by atoms with Crippen LogP contribution >= 0.6 is 11.6 Å². The third-order valence-electron chi connectivity index (χ3n) is 3.69. The highest BCUT2D eigenvalue weighted by molar-refractivity contribution is 7.89. The number of sulfonamides is 1.